The smallest absolute Gasteiger partial charge is 0.237 e. The molecule has 1 amide bonds. The van der Waals surface area contributed by atoms with E-state index in [-0.39, 0.29) is 17.9 Å². The van der Waals surface area contributed by atoms with E-state index in [1.54, 1.807) is 6.92 Å². The molecule has 1 rings (SSSR count). The van der Waals surface area contributed by atoms with Crippen molar-refractivity contribution in [1.29, 1.82) is 5.26 Å². The van der Waals surface area contributed by atoms with E-state index in [1.165, 1.54) is 0 Å². The van der Waals surface area contributed by atoms with Crippen LogP contribution in [0.1, 0.15) is 19.8 Å². The second-order valence-electron chi connectivity index (χ2n) is 3.42. The van der Waals surface area contributed by atoms with Gasteiger partial charge in [-0.1, -0.05) is 0 Å². The molecule has 4 nitrogen and oxygen atoms in total. The molecular weight excluding hydrogens is 166 g/mol. The van der Waals surface area contributed by atoms with Gasteiger partial charge in [-0.25, -0.2) is 0 Å². The number of nitriles is 1. The van der Waals surface area contributed by atoms with Crippen molar-refractivity contribution in [2.24, 2.45) is 5.92 Å². The van der Waals surface area contributed by atoms with Crippen LogP contribution in [-0.4, -0.2) is 25.0 Å². The Balaban J connectivity index is 2.21. The first kappa shape index (κ1) is 10.0. The normalized spacial score (nSPS) is 23.5. The van der Waals surface area contributed by atoms with Crippen molar-refractivity contribution in [2.75, 3.05) is 13.1 Å². The van der Waals surface area contributed by atoms with E-state index < -0.39 is 0 Å². The Hall–Kier alpha value is -1.08. The molecule has 0 spiro atoms. The topological polar surface area (TPSA) is 64.9 Å². The number of rotatable bonds is 3. The fourth-order valence-corrected chi connectivity index (χ4v) is 1.33. The molecule has 2 N–H and O–H groups in total. The Morgan fingerprint density at radius 3 is 3.15 bits per heavy atom. The quantitative estimate of drug-likeness (QED) is 0.645. The Kier molecular flexibility index (Phi) is 3.71. The van der Waals surface area contributed by atoms with Gasteiger partial charge in [-0.3, -0.25) is 4.79 Å². The SMILES string of the molecule is CC(C#N)CNC(=O)[C@H]1CCCN1. The molecule has 0 saturated carbocycles. The van der Waals surface area contributed by atoms with Crippen LogP contribution in [0.2, 0.25) is 0 Å². The van der Waals surface area contributed by atoms with Crippen molar-refractivity contribution >= 4 is 5.91 Å². The summed E-state index contributed by atoms with van der Waals surface area (Å²) in [5.41, 5.74) is 0. The number of amides is 1. The number of hydrogen-bond donors (Lipinski definition) is 2. The van der Waals surface area contributed by atoms with Crippen molar-refractivity contribution in [3.63, 3.8) is 0 Å². The summed E-state index contributed by atoms with van der Waals surface area (Å²) in [5.74, 6) is -0.0787. The Labute approximate surface area is 78.3 Å². The molecule has 1 saturated heterocycles. The van der Waals surface area contributed by atoms with Gasteiger partial charge in [-0.05, 0) is 26.3 Å². The Bertz CT molecular complexity index is 215. The predicted octanol–water partition coefficient (Wildman–Crippen LogP) is 0.0143. The minimum Gasteiger partial charge on any atom is -0.353 e. The maximum absolute atomic E-state index is 11.4. The molecule has 1 heterocycles. The van der Waals surface area contributed by atoms with Crippen LogP contribution < -0.4 is 10.6 Å². The monoisotopic (exact) mass is 181 g/mol. The summed E-state index contributed by atoms with van der Waals surface area (Å²) in [6.07, 6.45) is 1.97. The molecule has 72 valence electrons. The number of nitrogens with zero attached hydrogens (tertiary/aromatic N) is 1. The summed E-state index contributed by atoms with van der Waals surface area (Å²) >= 11 is 0. The highest BCUT2D eigenvalue weighted by molar-refractivity contribution is 5.81. The summed E-state index contributed by atoms with van der Waals surface area (Å²) in [7, 11) is 0. The van der Waals surface area contributed by atoms with Crippen LogP contribution in [0.25, 0.3) is 0 Å². The van der Waals surface area contributed by atoms with Crippen molar-refractivity contribution in [3.8, 4) is 6.07 Å². The molecule has 0 aromatic rings. The van der Waals surface area contributed by atoms with Crippen molar-refractivity contribution in [1.82, 2.24) is 10.6 Å². The van der Waals surface area contributed by atoms with E-state index in [0.29, 0.717) is 6.54 Å². The summed E-state index contributed by atoms with van der Waals surface area (Å²) in [4.78, 5) is 11.4. The largest absolute Gasteiger partial charge is 0.353 e. The zero-order chi connectivity index (χ0) is 9.68. The number of carbonyl (C=O) groups excluding carboxylic acids is 1. The Morgan fingerprint density at radius 1 is 1.85 bits per heavy atom. The number of hydrogen-bond acceptors (Lipinski definition) is 3. The summed E-state index contributed by atoms with van der Waals surface area (Å²) in [5, 5.41) is 14.4. The molecule has 0 aromatic heterocycles. The first-order valence-corrected chi connectivity index (χ1v) is 4.64. The zero-order valence-electron chi connectivity index (χ0n) is 7.84. The van der Waals surface area contributed by atoms with Crippen LogP contribution >= 0.6 is 0 Å². The van der Waals surface area contributed by atoms with Gasteiger partial charge < -0.3 is 10.6 Å². The molecule has 0 aromatic carbocycles. The lowest BCUT2D eigenvalue weighted by Gasteiger charge is -2.11. The maximum Gasteiger partial charge on any atom is 0.237 e. The summed E-state index contributed by atoms with van der Waals surface area (Å²) in [6, 6.07) is 2.04. The van der Waals surface area contributed by atoms with E-state index in [1.807, 2.05) is 0 Å². The standard InChI is InChI=1S/C9H15N3O/c1-7(5-10)6-12-9(13)8-3-2-4-11-8/h7-8,11H,2-4,6H2,1H3,(H,12,13)/t7?,8-/m1/s1. The highest BCUT2D eigenvalue weighted by Gasteiger charge is 2.21. The van der Waals surface area contributed by atoms with Crippen LogP contribution in [0.3, 0.4) is 0 Å². The van der Waals surface area contributed by atoms with Crippen LogP contribution in [0.4, 0.5) is 0 Å². The average Bonchev–Trinajstić information content (AvgIpc) is 2.66. The molecule has 0 aliphatic carbocycles. The third-order valence-corrected chi connectivity index (χ3v) is 2.18. The minimum atomic E-state index is -0.106. The molecule has 1 fully saturated rings. The van der Waals surface area contributed by atoms with E-state index in [0.717, 1.165) is 19.4 Å². The molecule has 2 atom stereocenters. The molecule has 1 unspecified atom stereocenters. The van der Waals surface area contributed by atoms with E-state index in [9.17, 15) is 4.79 Å². The molecule has 0 radical (unpaired) electrons. The zero-order valence-corrected chi connectivity index (χ0v) is 7.84. The van der Waals surface area contributed by atoms with Crippen LogP contribution in [0, 0.1) is 17.2 Å². The van der Waals surface area contributed by atoms with Gasteiger partial charge in [0.05, 0.1) is 18.0 Å². The molecule has 4 heteroatoms. The minimum absolute atomic E-state index is 0.0274. The van der Waals surface area contributed by atoms with Gasteiger partial charge in [0.25, 0.3) is 0 Å². The third kappa shape index (κ3) is 3.03. The van der Waals surface area contributed by atoms with E-state index in [4.69, 9.17) is 5.26 Å². The molecule has 13 heavy (non-hydrogen) atoms. The molecule has 0 bridgehead atoms. The average molecular weight is 181 g/mol. The third-order valence-electron chi connectivity index (χ3n) is 2.18. The number of nitrogens with one attached hydrogen (secondary N) is 2. The van der Waals surface area contributed by atoms with E-state index in [2.05, 4.69) is 16.7 Å². The lowest BCUT2D eigenvalue weighted by atomic mass is 10.2. The lowest BCUT2D eigenvalue weighted by Crippen LogP contribution is -2.41. The van der Waals surface area contributed by atoms with Crippen LogP contribution in [-0.2, 0) is 4.79 Å². The summed E-state index contributed by atoms with van der Waals surface area (Å²) < 4.78 is 0. The van der Waals surface area contributed by atoms with Gasteiger partial charge in [-0.15, -0.1) is 0 Å². The van der Waals surface area contributed by atoms with Gasteiger partial charge in [0.2, 0.25) is 5.91 Å². The summed E-state index contributed by atoms with van der Waals surface area (Å²) in [6.45, 7) is 3.17. The number of carbonyl (C=O) groups is 1. The first-order chi connectivity index (χ1) is 6.24. The van der Waals surface area contributed by atoms with Crippen molar-refractivity contribution in [3.05, 3.63) is 0 Å². The first-order valence-electron chi connectivity index (χ1n) is 4.64. The highest BCUT2D eigenvalue weighted by atomic mass is 16.2. The lowest BCUT2D eigenvalue weighted by molar-refractivity contribution is -0.122. The van der Waals surface area contributed by atoms with E-state index >= 15 is 0 Å². The van der Waals surface area contributed by atoms with Gasteiger partial charge in [0, 0.05) is 6.54 Å². The second kappa shape index (κ2) is 4.83. The van der Waals surface area contributed by atoms with Gasteiger partial charge in [0.1, 0.15) is 0 Å². The fourth-order valence-electron chi connectivity index (χ4n) is 1.33. The Morgan fingerprint density at radius 2 is 2.62 bits per heavy atom. The van der Waals surface area contributed by atoms with Crippen LogP contribution in [0.5, 0.6) is 0 Å². The van der Waals surface area contributed by atoms with Gasteiger partial charge in [0.15, 0.2) is 0 Å². The van der Waals surface area contributed by atoms with Crippen molar-refractivity contribution in [2.45, 2.75) is 25.8 Å². The predicted molar refractivity (Wildman–Crippen MR) is 48.8 cm³/mol. The van der Waals surface area contributed by atoms with Gasteiger partial charge >= 0.3 is 0 Å². The molecule has 1 aliphatic heterocycles. The second-order valence-corrected chi connectivity index (χ2v) is 3.42. The molecular formula is C9H15N3O. The van der Waals surface area contributed by atoms with Crippen LogP contribution in [0.15, 0.2) is 0 Å². The highest BCUT2D eigenvalue weighted by Crippen LogP contribution is 2.04. The molecule has 1 aliphatic rings. The van der Waals surface area contributed by atoms with Gasteiger partial charge in [-0.2, -0.15) is 5.26 Å². The maximum atomic E-state index is 11.4. The fraction of sp³-hybridized carbons (Fsp3) is 0.778. The van der Waals surface area contributed by atoms with Crippen molar-refractivity contribution < 1.29 is 4.79 Å².